The van der Waals surface area contributed by atoms with Gasteiger partial charge in [0.05, 0.1) is 12.3 Å². The van der Waals surface area contributed by atoms with Gasteiger partial charge in [-0.2, -0.15) is 5.10 Å². The van der Waals surface area contributed by atoms with Crippen LogP contribution in [0.3, 0.4) is 0 Å². The molecular weight excluding hydrogens is 238 g/mol. The summed E-state index contributed by atoms with van der Waals surface area (Å²) in [6, 6.07) is 0. The Hall–Kier alpha value is -0.870. The van der Waals surface area contributed by atoms with Gasteiger partial charge in [-0.3, -0.25) is 4.68 Å². The van der Waals surface area contributed by atoms with Crippen LogP contribution in [0.5, 0.6) is 0 Å². The van der Waals surface area contributed by atoms with E-state index in [1.165, 1.54) is 12.8 Å². The van der Waals surface area contributed by atoms with Gasteiger partial charge in [-0.05, 0) is 25.2 Å². The van der Waals surface area contributed by atoms with E-state index in [-0.39, 0.29) is 5.41 Å². The summed E-state index contributed by atoms with van der Waals surface area (Å²) in [5, 5.41) is 15.1. The molecule has 0 amide bonds. The molecule has 108 valence electrons. The van der Waals surface area contributed by atoms with Crippen LogP contribution in [0.2, 0.25) is 0 Å². The average molecular weight is 265 g/mol. The molecule has 2 rings (SSSR count). The molecule has 0 aromatic carbocycles. The highest BCUT2D eigenvalue weighted by molar-refractivity contribution is 5.13. The molecule has 1 aromatic rings. The third-order valence-electron chi connectivity index (χ3n) is 4.53. The van der Waals surface area contributed by atoms with Crippen LogP contribution in [0.4, 0.5) is 0 Å². The highest BCUT2D eigenvalue weighted by Gasteiger charge is 2.41. The van der Waals surface area contributed by atoms with Gasteiger partial charge < -0.3 is 10.8 Å². The minimum atomic E-state index is -0.481. The molecule has 1 saturated carbocycles. The van der Waals surface area contributed by atoms with Crippen LogP contribution in [0.25, 0.3) is 0 Å². The van der Waals surface area contributed by atoms with E-state index < -0.39 is 6.10 Å². The summed E-state index contributed by atoms with van der Waals surface area (Å²) in [7, 11) is 0. The van der Waals surface area contributed by atoms with Crippen LogP contribution < -0.4 is 5.73 Å². The first-order valence-electron chi connectivity index (χ1n) is 7.52. The SMILES string of the molecule is CCCn1cc(C(O)C2(CN)CCCC(C)C2)cn1. The average Bonchev–Trinajstić information content (AvgIpc) is 2.86. The van der Waals surface area contributed by atoms with E-state index in [4.69, 9.17) is 5.73 Å². The fraction of sp³-hybridized carbons (Fsp3) is 0.800. The van der Waals surface area contributed by atoms with Crippen molar-refractivity contribution in [2.24, 2.45) is 17.1 Å². The maximum absolute atomic E-state index is 10.8. The summed E-state index contributed by atoms with van der Waals surface area (Å²) >= 11 is 0. The molecule has 3 unspecified atom stereocenters. The molecule has 0 spiro atoms. The lowest BCUT2D eigenvalue weighted by atomic mass is 9.66. The smallest absolute Gasteiger partial charge is 0.0888 e. The first-order valence-corrected chi connectivity index (χ1v) is 7.52. The molecule has 0 aliphatic heterocycles. The Labute approximate surface area is 116 Å². The molecule has 3 atom stereocenters. The molecule has 0 bridgehead atoms. The predicted octanol–water partition coefficient (Wildman–Crippen LogP) is 2.48. The van der Waals surface area contributed by atoms with Gasteiger partial charge in [0.2, 0.25) is 0 Å². The second-order valence-corrected chi connectivity index (χ2v) is 6.21. The van der Waals surface area contributed by atoms with Crippen LogP contribution in [-0.2, 0) is 6.54 Å². The summed E-state index contributed by atoms with van der Waals surface area (Å²) in [6.45, 7) is 5.84. The molecule has 1 heterocycles. The van der Waals surface area contributed by atoms with Crippen molar-refractivity contribution in [3.8, 4) is 0 Å². The molecular formula is C15H27N3O. The van der Waals surface area contributed by atoms with Gasteiger partial charge in [-0.15, -0.1) is 0 Å². The normalized spacial score (nSPS) is 29.4. The zero-order valence-electron chi connectivity index (χ0n) is 12.2. The second kappa shape index (κ2) is 6.06. The Morgan fingerprint density at radius 2 is 2.42 bits per heavy atom. The number of aromatic nitrogens is 2. The van der Waals surface area contributed by atoms with Gasteiger partial charge in [0.15, 0.2) is 0 Å². The van der Waals surface area contributed by atoms with Crippen molar-refractivity contribution in [2.45, 2.75) is 58.6 Å². The third kappa shape index (κ3) is 3.00. The van der Waals surface area contributed by atoms with Crippen LogP contribution in [-0.4, -0.2) is 21.4 Å². The largest absolute Gasteiger partial charge is 0.388 e. The van der Waals surface area contributed by atoms with Gasteiger partial charge in [0.1, 0.15) is 0 Å². The van der Waals surface area contributed by atoms with Gasteiger partial charge in [0, 0.05) is 30.3 Å². The molecule has 0 radical (unpaired) electrons. The maximum Gasteiger partial charge on any atom is 0.0888 e. The lowest BCUT2D eigenvalue weighted by Crippen LogP contribution is -2.40. The van der Waals surface area contributed by atoms with Crippen LogP contribution in [0.15, 0.2) is 12.4 Å². The van der Waals surface area contributed by atoms with Gasteiger partial charge in [0.25, 0.3) is 0 Å². The molecule has 3 N–H and O–H groups in total. The minimum absolute atomic E-state index is 0.155. The fourth-order valence-electron chi connectivity index (χ4n) is 3.47. The van der Waals surface area contributed by atoms with Crippen molar-refractivity contribution < 1.29 is 5.11 Å². The molecule has 1 aromatic heterocycles. The minimum Gasteiger partial charge on any atom is -0.388 e. The lowest BCUT2D eigenvalue weighted by Gasteiger charge is -2.42. The van der Waals surface area contributed by atoms with E-state index >= 15 is 0 Å². The Morgan fingerprint density at radius 3 is 3.05 bits per heavy atom. The van der Waals surface area contributed by atoms with Gasteiger partial charge in [-0.1, -0.05) is 26.7 Å². The summed E-state index contributed by atoms with van der Waals surface area (Å²) < 4.78 is 1.91. The third-order valence-corrected chi connectivity index (χ3v) is 4.53. The summed E-state index contributed by atoms with van der Waals surface area (Å²) in [5.74, 6) is 0.651. The van der Waals surface area contributed by atoms with Crippen LogP contribution in [0.1, 0.15) is 57.6 Å². The maximum atomic E-state index is 10.8. The number of aliphatic hydroxyl groups excluding tert-OH is 1. The van der Waals surface area contributed by atoms with Crippen molar-refractivity contribution in [1.29, 1.82) is 0 Å². The predicted molar refractivity (Wildman–Crippen MR) is 76.6 cm³/mol. The topological polar surface area (TPSA) is 64.1 Å². The van der Waals surface area contributed by atoms with Crippen molar-refractivity contribution in [3.05, 3.63) is 18.0 Å². The highest BCUT2D eigenvalue weighted by Crippen LogP contribution is 2.47. The Kier molecular flexibility index (Phi) is 4.63. The van der Waals surface area contributed by atoms with Crippen molar-refractivity contribution in [2.75, 3.05) is 6.54 Å². The van der Waals surface area contributed by atoms with Crippen molar-refractivity contribution >= 4 is 0 Å². The highest BCUT2D eigenvalue weighted by atomic mass is 16.3. The number of aliphatic hydroxyl groups is 1. The van der Waals surface area contributed by atoms with E-state index in [0.717, 1.165) is 31.4 Å². The van der Waals surface area contributed by atoms with Gasteiger partial charge >= 0.3 is 0 Å². The van der Waals surface area contributed by atoms with Crippen molar-refractivity contribution in [1.82, 2.24) is 9.78 Å². The van der Waals surface area contributed by atoms with Gasteiger partial charge in [-0.25, -0.2) is 0 Å². The molecule has 0 saturated heterocycles. The first-order chi connectivity index (χ1) is 9.11. The lowest BCUT2D eigenvalue weighted by molar-refractivity contribution is -0.0131. The number of rotatable bonds is 5. The molecule has 4 heteroatoms. The van der Waals surface area contributed by atoms with E-state index in [1.807, 2.05) is 10.9 Å². The quantitative estimate of drug-likeness (QED) is 0.859. The number of hydrogen-bond acceptors (Lipinski definition) is 3. The monoisotopic (exact) mass is 265 g/mol. The second-order valence-electron chi connectivity index (χ2n) is 6.21. The number of hydrogen-bond donors (Lipinski definition) is 2. The number of aryl methyl sites for hydroxylation is 1. The molecule has 1 fully saturated rings. The summed E-state index contributed by atoms with van der Waals surface area (Å²) in [6.07, 6.45) is 8.81. The number of nitrogens with two attached hydrogens (primary N) is 1. The molecule has 4 nitrogen and oxygen atoms in total. The molecule has 19 heavy (non-hydrogen) atoms. The zero-order valence-corrected chi connectivity index (χ0v) is 12.2. The van der Waals surface area contributed by atoms with Crippen molar-refractivity contribution in [3.63, 3.8) is 0 Å². The summed E-state index contributed by atoms with van der Waals surface area (Å²) in [4.78, 5) is 0. The zero-order chi connectivity index (χ0) is 13.9. The Bertz CT molecular complexity index is 404. The summed E-state index contributed by atoms with van der Waals surface area (Å²) in [5.41, 5.74) is 6.79. The standard InChI is InChI=1S/C15H27N3O/c1-3-7-18-10-13(9-17-18)14(19)15(11-16)6-4-5-12(2)8-15/h9-10,12,14,19H,3-8,11,16H2,1-2H3. The molecule has 1 aliphatic rings. The van der Waals surface area contributed by atoms with Crippen LogP contribution in [0, 0.1) is 11.3 Å². The Balaban J connectivity index is 2.16. The fourth-order valence-corrected chi connectivity index (χ4v) is 3.47. The van der Waals surface area contributed by atoms with E-state index in [9.17, 15) is 5.11 Å². The van der Waals surface area contributed by atoms with E-state index in [0.29, 0.717) is 12.5 Å². The van der Waals surface area contributed by atoms with Crippen LogP contribution >= 0.6 is 0 Å². The number of nitrogens with zero attached hydrogens (tertiary/aromatic N) is 2. The van der Waals surface area contributed by atoms with E-state index in [2.05, 4.69) is 18.9 Å². The first kappa shape index (κ1) is 14.5. The Morgan fingerprint density at radius 1 is 1.63 bits per heavy atom. The molecule has 1 aliphatic carbocycles. The van der Waals surface area contributed by atoms with E-state index in [1.54, 1.807) is 6.20 Å².